The number of nitrogens with one attached hydrogen (secondary N) is 1. The molecule has 1 N–H and O–H groups in total. The Morgan fingerprint density at radius 2 is 2.15 bits per heavy atom. The molecule has 1 aromatic carbocycles. The second-order valence-corrected chi connectivity index (χ2v) is 4.81. The van der Waals surface area contributed by atoms with Crippen LogP contribution in [0, 0.1) is 17.2 Å². The summed E-state index contributed by atoms with van der Waals surface area (Å²) in [5.74, 6) is 0.762. The molecule has 2 unspecified atom stereocenters. The molecular weight excluding hydrogens is 256 g/mol. The molecule has 1 aliphatic carbocycles. The highest BCUT2D eigenvalue weighted by molar-refractivity contribution is 5.97. The molecule has 0 aromatic heterocycles. The van der Waals surface area contributed by atoms with Crippen molar-refractivity contribution in [1.82, 2.24) is 5.32 Å². The molecule has 2 atom stereocenters. The molecule has 1 aromatic rings. The van der Waals surface area contributed by atoms with Gasteiger partial charge in [-0.25, -0.2) is 0 Å². The number of amides is 1. The minimum Gasteiger partial charge on any atom is -0.497 e. The van der Waals surface area contributed by atoms with Gasteiger partial charge >= 0.3 is 0 Å². The van der Waals surface area contributed by atoms with Gasteiger partial charge in [-0.15, -0.1) is 0 Å². The summed E-state index contributed by atoms with van der Waals surface area (Å²) >= 11 is 0. The fourth-order valence-corrected chi connectivity index (χ4v) is 2.52. The Morgan fingerprint density at radius 3 is 2.80 bits per heavy atom. The van der Waals surface area contributed by atoms with E-state index in [9.17, 15) is 4.79 Å². The Hall–Kier alpha value is -2.22. The lowest BCUT2D eigenvalue weighted by atomic mass is 10.0. The molecule has 1 amide bonds. The van der Waals surface area contributed by atoms with Crippen LogP contribution >= 0.6 is 0 Å². The second-order valence-electron chi connectivity index (χ2n) is 4.81. The van der Waals surface area contributed by atoms with E-state index < -0.39 is 0 Å². The summed E-state index contributed by atoms with van der Waals surface area (Å²) in [6.45, 7) is 0. The Labute approximate surface area is 118 Å². The van der Waals surface area contributed by atoms with Crippen LogP contribution in [0.4, 0.5) is 0 Å². The molecule has 106 valence electrons. The van der Waals surface area contributed by atoms with Crippen molar-refractivity contribution in [2.24, 2.45) is 5.92 Å². The van der Waals surface area contributed by atoms with Gasteiger partial charge in [-0.2, -0.15) is 5.26 Å². The molecular formula is C15H18N2O3. The molecule has 0 heterocycles. The van der Waals surface area contributed by atoms with Crippen molar-refractivity contribution in [3.05, 3.63) is 23.8 Å². The Kier molecular flexibility index (Phi) is 4.46. The molecule has 0 spiro atoms. The third-order valence-electron chi connectivity index (χ3n) is 3.65. The van der Waals surface area contributed by atoms with E-state index in [1.807, 2.05) is 0 Å². The van der Waals surface area contributed by atoms with Gasteiger partial charge in [0.1, 0.15) is 11.5 Å². The summed E-state index contributed by atoms with van der Waals surface area (Å²) in [7, 11) is 3.07. The van der Waals surface area contributed by atoms with Crippen LogP contribution in [-0.4, -0.2) is 26.2 Å². The zero-order valence-electron chi connectivity index (χ0n) is 11.7. The van der Waals surface area contributed by atoms with E-state index in [0.29, 0.717) is 17.1 Å². The second kappa shape index (κ2) is 6.29. The summed E-state index contributed by atoms with van der Waals surface area (Å²) in [6.07, 6.45) is 2.66. The van der Waals surface area contributed by atoms with E-state index in [2.05, 4.69) is 11.4 Å². The van der Waals surface area contributed by atoms with Gasteiger partial charge in [0.2, 0.25) is 0 Å². The van der Waals surface area contributed by atoms with Crippen LogP contribution in [0.3, 0.4) is 0 Å². The number of hydrogen-bond donors (Lipinski definition) is 1. The monoisotopic (exact) mass is 274 g/mol. The van der Waals surface area contributed by atoms with Gasteiger partial charge in [0.15, 0.2) is 0 Å². The number of ether oxygens (including phenoxy) is 2. The molecule has 2 rings (SSSR count). The maximum Gasteiger partial charge on any atom is 0.255 e. The summed E-state index contributed by atoms with van der Waals surface area (Å²) < 4.78 is 10.3. The third kappa shape index (κ3) is 2.85. The SMILES string of the molecule is COc1ccc(OC)c(C(=O)NC2CCCC2C#N)c1. The lowest BCUT2D eigenvalue weighted by Crippen LogP contribution is -2.37. The predicted octanol–water partition coefficient (Wildman–Crippen LogP) is 2.13. The molecule has 0 bridgehead atoms. The fourth-order valence-electron chi connectivity index (χ4n) is 2.52. The first-order valence-corrected chi connectivity index (χ1v) is 6.62. The molecule has 1 saturated carbocycles. The van der Waals surface area contributed by atoms with Gasteiger partial charge in [-0.3, -0.25) is 4.79 Å². The van der Waals surface area contributed by atoms with Crippen molar-refractivity contribution in [3.63, 3.8) is 0 Å². The fraction of sp³-hybridized carbons (Fsp3) is 0.467. The molecule has 1 aliphatic rings. The van der Waals surface area contributed by atoms with Crippen molar-refractivity contribution in [3.8, 4) is 17.6 Å². The van der Waals surface area contributed by atoms with Crippen LogP contribution in [0.1, 0.15) is 29.6 Å². The molecule has 0 aliphatic heterocycles. The van der Waals surface area contributed by atoms with Crippen molar-refractivity contribution in [1.29, 1.82) is 5.26 Å². The lowest BCUT2D eigenvalue weighted by molar-refractivity contribution is 0.0929. The van der Waals surface area contributed by atoms with Gasteiger partial charge < -0.3 is 14.8 Å². The number of nitrogens with zero attached hydrogens (tertiary/aromatic N) is 1. The van der Waals surface area contributed by atoms with E-state index in [4.69, 9.17) is 14.7 Å². The van der Waals surface area contributed by atoms with E-state index in [1.165, 1.54) is 7.11 Å². The van der Waals surface area contributed by atoms with Crippen LogP contribution in [0.2, 0.25) is 0 Å². The van der Waals surface area contributed by atoms with Crippen LogP contribution < -0.4 is 14.8 Å². The van der Waals surface area contributed by atoms with Gasteiger partial charge in [0, 0.05) is 6.04 Å². The van der Waals surface area contributed by atoms with E-state index >= 15 is 0 Å². The van der Waals surface area contributed by atoms with Crippen molar-refractivity contribution < 1.29 is 14.3 Å². The van der Waals surface area contributed by atoms with Crippen LogP contribution in [0.25, 0.3) is 0 Å². The number of carbonyl (C=O) groups excluding carboxylic acids is 1. The zero-order chi connectivity index (χ0) is 14.5. The van der Waals surface area contributed by atoms with Gasteiger partial charge in [0.25, 0.3) is 5.91 Å². The number of methoxy groups -OCH3 is 2. The minimum absolute atomic E-state index is 0.0802. The highest BCUT2D eigenvalue weighted by Crippen LogP contribution is 2.27. The predicted molar refractivity (Wildman–Crippen MR) is 73.8 cm³/mol. The first-order chi connectivity index (χ1) is 9.69. The number of benzene rings is 1. The topological polar surface area (TPSA) is 71.3 Å². The van der Waals surface area contributed by atoms with Crippen LogP contribution in [0.15, 0.2) is 18.2 Å². The highest BCUT2D eigenvalue weighted by atomic mass is 16.5. The highest BCUT2D eigenvalue weighted by Gasteiger charge is 2.29. The minimum atomic E-state index is -0.229. The Balaban J connectivity index is 2.18. The maximum absolute atomic E-state index is 12.4. The van der Waals surface area contributed by atoms with Crippen molar-refractivity contribution in [2.75, 3.05) is 14.2 Å². The molecule has 5 heteroatoms. The average molecular weight is 274 g/mol. The standard InChI is InChI=1S/C15H18N2O3/c1-19-11-6-7-14(20-2)12(8-11)15(18)17-13-5-3-4-10(13)9-16/h6-8,10,13H,3-5H2,1-2H3,(H,17,18). The van der Waals surface area contributed by atoms with Crippen LogP contribution in [-0.2, 0) is 0 Å². The van der Waals surface area contributed by atoms with E-state index in [-0.39, 0.29) is 17.9 Å². The molecule has 5 nitrogen and oxygen atoms in total. The van der Waals surface area contributed by atoms with Crippen molar-refractivity contribution >= 4 is 5.91 Å². The van der Waals surface area contributed by atoms with Crippen LogP contribution in [0.5, 0.6) is 11.5 Å². The first-order valence-electron chi connectivity index (χ1n) is 6.62. The van der Waals surface area contributed by atoms with E-state index in [0.717, 1.165) is 19.3 Å². The molecule has 0 radical (unpaired) electrons. The number of carbonyl (C=O) groups is 1. The largest absolute Gasteiger partial charge is 0.497 e. The van der Waals surface area contributed by atoms with Gasteiger partial charge in [-0.1, -0.05) is 0 Å². The van der Waals surface area contributed by atoms with Gasteiger partial charge in [0.05, 0.1) is 31.8 Å². The smallest absolute Gasteiger partial charge is 0.255 e. The Morgan fingerprint density at radius 1 is 1.35 bits per heavy atom. The number of hydrogen-bond acceptors (Lipinski definition) is 4. The van der Waals surface area contributed by atoms with Gasteiger partial charge in [-0.05, 0) is 37.5 Å². The first kappa shape index (κ1) is 14.2. The summed E-state index contributed by atoms with van der Waals surface area (Å²) in [5.41, 5.74) is 0.426. The normalized spacial score (nSPS) is 21.1. The quantitative estimate of drug-likeness (QED) is 0.913. The number of nitriles is 1. The lowest BCUT2D eigenvalue weighted by Gasteiger charge is -2.17. The number of rotatable bonds is 4. The van der Waals surface area contributed by atoms with E-state index in [1.54, 1.807) is 25.3 Å². The van der Waals surface area contributed by atoms with Crippen molar-refractivity contribution in [2.45, 2.75) is 25.3 Å². The zero-order valence-corrected chi connectivity index (χ0v) is 11.7. The average Bonchev–Trinajstić information content (AvgIpc) is 2.93. The summed E-state index contributed by atoms with van der Waals surface area (Å²) in [5, 5.41) is 12.0. The summed E-state index contributed by atoms with van der Waals surface area (Å²) in [6, 6.07) is 7.25. The summed E-state index contributed by atoms with van der Waals surface area (Å²) in [4.78, 5) is 12.4. The maximum atomic E-state index is 12.4. The Bertz CT molecular complexity index is 536. The molecule has 20 heavy (non-hydrogen) atoms. The molecule has 0 saturated heterocycles. The third-order valence-corrected chi connectivity index (χ3v) is 3.65. The molecule has 1 fully saturated rings.